The Kier molecular flexibility index (Phi) is 13.3. The van der Waals surface area contributed by atoms with Gasteiger partial charge in [0.15, 0.2) is 5.78 Å². The number of aliphatic hydroxyl groups is 1. The third-order valence-electron chi connectivity index (χ3n) is 8.84. The van der Waals surface area contributed by atoms with Gasteiger partial charge in [-0.25, -0.2) is 0 Å². The molecule has 4 nitrogen and oxygen atoms in total. The molecular weight excluding hydrogens is 805 g/mol. The molecule has 0 aliphatic rings. The van der Waals surface area contributed by atoms with Gasteiger partial charge in [0.25, 0.3) is 0 Å². The van der Waals surface area contributed by atoms with Crippen molar-refractivity contribution in [2.75, 3.05) is 0 Å². The molecule has 1 N–H and O–H groups in total. The molecule has 0 saturated heterocycles. The van der Waals surface area contributed by atoms with E-state index in [1.54, 1.807) is 0 Å². The topological polar surface area (TPSA) is 74.0 Å². The Morgan fingerprint density at radius 2 is 1.46 bits per heavy atom. The second-order valence-electron chi connectivity index (χ2n) is 12.7. The number of carbonyl (C=O) groups is 1. The van der Waals surface area contributed by atoms with E-state index in [1.807, 2.05) is 64.2 Å². The Morgan fingerprint density at radius 3 is 2.09 bits per heavy atom. The van der Waals surface area contributed by atoms with Gasteiger partial charge in [-0.2, -0.15) is 0 Å². The normalized spacial score (nSPS) is 11.8. The summed E-state index contributed by atoms with van der Waals surface area (Å²) in [5, 5.41) is 26.2. The Balaban J connectivity index is 0.000000309. The number of nitriles is 1. The molecule has 1 radical (unpaired) electrons. The molecule has 0 amide bonds. The van der Waals surface area contributed by atoms with E-state index in [0.717, 1.165) is 53.1 Å². The van der Waals surface area contributed by atoms with Crippen LogP contribution in [0.4, 0.5) is 0 Å². The average Bonchev–Trinajstić information content (AvgIpc) is 3.04. The average molecular weight is 851 g/mol. The fraction of sp³-hybridized carbons (Fsp3) is 0.325. The zero-order chi connectivity index (χ0) is 32.7. The van der Waals surface area contributed by atoms with Crippen LogP contribution in [0, 0.1) is 29.2 Å². The van der Waals surface area contributed by atoms with Crippen LogP contribution in [0.3, 0.4) is 0 Å². The van der Waals surface area contributed by atoms with Crippen LogP contribution >= 0.6 is 0 Å². The Labute approximate surface area is 290 Å². The fourth-order valence-corrected chi connectivity index (χ4v) is 9.53. The number of rotatable bonds is 9. The molecule has 1 aromatic heterocycles. The molecule has 0 spiro atoms. The first kappa shape index (κ1) is 37.2. The first-order chi connectivity index (χ1) is 21.6. The first-order valence-corrected chi connectivity index (χ1v) is 23.5. The number of aliphatic hydroxyl groups excluding tert-OH is 1. The van der Waals surface area contributed by atoms with E-state index in [1.165, 1.54) is 26.6 Å². The molecule has 5 rings (SSSR count). The standard InChI is InChI=1S/C27H21GeN2.C13H24O2.Ir/c1-28(2,3)26-10-6-9-22-23-13-14-30-27(25(23)12-11-24(22)26)19-15-18-7-4-5-8-21(18)20(16-19)17-29;1-5-10(6-2)12(14)9-13(15)11(7-3)8-4;/h4-14,16H,1-3H3;9-11,14H,5-8H2,1-4H3;/q-1;;/b;12-9-;. The van der Waals surface area contributed by atoms with Crippen molar-refractivity contribution in [2.45, 2.75) is 70.6 Å². The number of carbonyl (C=O) groups excluding carboxylic acids is 1. The van der Waals surface area contributed by atoms with Gasteiger partial charge in [-0.05, 0) is 25.7 Å². The van der Waals surface area contributed by atoms with E-state index in [-0.39, 0.29) is 43.5 Å². The zero-order valence-electron chi connectivity index (χ0n) is 28.1. The molecule has 0 aliphatic carbocycles. The zero-order valence-corrected chi connectivity index (χ0v) is 32.6. The van der Waals surface area contributed by atoms with Gasteiger partial charge >= 0.3 is 179 Å². The van der Waals surface area contributed by atoms with Crippen molar-refractivity contribution in [3.63, 3.8) is 0 Å². The summed E-state index contributed by atoms with van der Waals surface area (Å²) >= 11 is -2.00. The van der Waals surface area contributed by atoms with Crippen LogP contribution in [0.2, 0.25) is 17.3 Å². The van der Waals surface area contributed by atoms with Crippen LogP contribution in [0.1, 0.15) is 58.9 Å². The minimum atomic E-state index is -2.00. The largest absolute Gasteiger partial charge is 0 e. The van der Waals surface area contributed by atoms with Crippen LogP contribution in [0.5, 0.6) is 0 Å². The third kappa shape index (κ3) is 8.15. The van der Waals surface area contributed by atoms with Gasteiger partial charge in [0.05, 0.1) is 5.76 Å². The van der Waals surface area contributed by atoms with E-state index in [4.69, 9.17) is 4.98 Å². The molecule has 0 bridgehead atoms. The number of hydrogen-bond donors (Lipinski definition) is 1. The molecule has 46 heavy (non-hydrogen) atoms. The number of pyridine rings is 1. The van der Waals surface area contributed by atoms with Crippen molar-refractivity contribution >= 4 is 55.8 Å². The molecule has 1 heterocycles. The Morgan fingerprint density at radius 1 is 0.848 bits per heavy atom. The van der Waals surface area contributed by atoms with Crippen molar-refractivity contribution in [1.29, 1.82) is 5.26 Å². The molecule has 0 atom stereocenters. The van der Waals surface area contributed by atoms with Crippen molar-refractivity contribution in [3.05, 3.63) is 96.4 Å². The summed E-state index contributed by atoms with van der Waals surface area (Å²) in [4.78, 5) is 16.4. The smallest absolute Gasteiger partial charge is 0 e. The van der Waals surface area contributed by atoms with Crippen LogP contribution in [0.15, 0.2) is 84.8 Å². The number of aromatic nitrogens is 1. The number of nitrogens with zero attached hydrogens (tertiary/aromatic N) is 2. The monoisotopic (exact) mass is 852 g/mol. The number of allylic oxidation sites excluding steroid dienone is 2. The molecule has 0 unspecified atom stereocenters. The van der Waals surface area contributed by atoms with E-state index in [9.17, 15) is 15.2 Å². The second kappa shape index (κ2) is 16.5. The summed E-state index contributed by atoms with van der Waals surface area (Å²) in [5.41, 5.74) is 2.39. The summed E-state index contributed by atoms with van der Waals surface area (Å²) in [6, 6.07) is 28.9. The molecule has 241 valence electrons. The van der Waals surface area contributed by atoms with E-state index < -0.39 is 13.3 Å². The predicted molar refractivity (Wildman–Crippen MR) is 193 cm³/mol. The summed E-state index contributed by atoms with van der Waals surface area (Å²) in [5.74, 6) is 7.85. The molecular formula is C40H45GeIrN2O2-. The second-order valence-corrected chi connectivity index (χ2v) is 23.3. The summed E-state index contributed by atoms with van der Waals surface area (Å²) in [7, 11) is 0. The van der Waals surface area contributed by atoms with Crippen molar-refractivity contribution in [3.8, 4) is 17.3 Å². The van der Waals surface area contributed by atoms with Crippen molar-refractivity contribution < 1.29 is 30.0 Å². The maximum absolute atomic E-state index is 11.7. The Bertz CT molecular complexity index is 1890. The van der Waals surface area contributed by atoms with Crippen LogP contribution < -0.4 is 4.40 Å². The predicted octanol–water partition coefficient (Wildman–Crippen LogP) is 10.3. The minimum absolute atomic E-state index is 0. The fourth-order valence-electron chi connectivity index (χ4n) is 6.12. The maximum atomic E-state index is 11.7. The van der Waals surface area contributed by atoms with Gasteiger partial charge < -0.3 is 5.11 Å². The number of hydrogen-bond acceptors (Lipinski definition) is 4. The van der Waals surface area contributed by atoms with E-state index in [2.05, 4.69) is 65.8 Å². The SMILES string of the molecule is CCC(CC)C(=O)/C=C(\O)C(CC)CC.[CH3][Ge]([CH3])([CH3])[c]1cccc2c1ccc1c(-c3[c-]c4ccccc4c(C#N)c3)nccc12.[Ir]. The first-order valence-electron chi connectivity index (χ1n) is 16.2. The summed E-state index contributed by atoms with van der Waals surface area (Å²) < 4.78 is 1.52. The van der Waals surface area contributed by atoms with Gasteiger partial charge in [0.2, 0.25) is 0 Å². The number of ketones is 1. The quantitative estimate of drug-likeness (QED) is 0.0527. The third-order valence-corrected chi connectivity index (χ3v) is 13.1. The van der Waals surface area contributed by atoms with Gasteiger partial charge in [-0.3, -0.25) is 4.79 Å². The van der Waals surface area contributed by atoms with Gasteiger partial charge in [-0.15, -0.1) is 0 Å². The molecule has 5 aromatic rings. The van der Waals surface area contributed by atoms with Gasteiger partial charge in [0.1, 0.15) is 0 Å². The molecule has 4 aromatic carbocycles. The van der Waals surface area contributed by atoms with Gasteiger partial charge in [-0.1, -0.05) is 27.7 Å². The summed E-state index contributed by atoms with van der Waals surface area (Å²) in [6.07, 6.45) is 6.78. The van der Waals surface area contributed by atoms with Gasteiger partial charge in [0, 0.05) is 38.0 Å². The van der Waals surface area contributed by atoms with E-state index in [0.29, 0.717) is 5.56 Å². The molecule has 0 saturated carbocycles. The molecule has 0 fully saturated rings. The van der Waals surface area contributed by atoms with Crippen LogP contribution in [-0.4, -0.2) is 29.1 Å². The van der Waals surface area contributed by atoms with E-state index >= 15 is 0 Å². The minimum Gasteiger partial charge on any atom is 0 e. The summed E-state index contributed by atoms with van der Waals surface area (Å²) in [6.45, 7) is 8.07. The maximum Gasteiger partial charge on any atom is 0 e. The molecule has 0 aliphatic heterocycles. The Hall–Kier alpha value is -3.30. The van der Waals surface area contributed by atoms with Crippen LogP contribution in [0.25, 0.3) is 43.6 Å². The van der Waals surface area contributed by atoms with Crippen molar-refractivity contribution in [1.82, 2.24) is 4.98 Å². The van der Waals surface area contributed by atoms with Crippen LogP contribution in [-0.2, 0) is 24.9 Å². The number of benzene rings is 4. The van der Waals surface area contributed by atoms with Crippen molar-refractivity contribution in [2.24, 2.45) is 11.8 Å². The molecule has 6 heteroatoms. The number of fused-ring (bicyclic) bond motifs is 4.